The van der Waals surface area contributed by atoms with E-state index >= 15 is 0 Å². The SMILES string of the molecule is NC(=O)C[C@@H](NC(=O)C(F)F)C(=O)O. The number of carbonyl (C=O) groups is 3. The maximum absolute atomic E-state index is 11.7. The molecule has 0 heterocycles. The summed E-state index contributed by atoms with van der Waals surface area (Å²) in [6, 6.07) is -1.71. The highest BCUT2D eigenvalue weighted by Gasteiger charge is 2.25. The molecule has 14 heavy (non-hydrogen) atoms. The lowest BCUT2D eigenvalue weighted by molar-refractivity contribution is -0.145. The molecule has 0 aliphatic carbocycles. The van der Waals surface area contributed by atoms with Crippen LogP contribution < -0.4 is 11.1 Å². The molecule has 2 amide bonds. The van der Waals surface area contributed by atoms with Crippen LogP contribution in [-0.4, -0.2) is 35.4 Å². The summed E-state index contributed by atoms with van der Waals surface area (Å²) in [4.78, 5) is 31.0. The minimum Gasteiger partial charge on any atom is -0.480 e. The van der Waals surface area contributed by atoms with Crippen molar-refractivity contribution in [2.45, 2.75) is 18.9 Å². The van der Waals surface area contributed by atoms with Crippen molar-refractivity contribution in [2.24, 2.45) is 5.73 Å². The van der Waals surface area contributed by atoms with Gasteiger partial charge in [-0.3, -0.25) is 9.59 Å². The van der Waals surface area contributed by atoms with Crippen LogP contribution in [0, 0.1) is 0 Å². The van der Waals surface area contributed by atoms with Crippen LogP contribution in [0.15, 0.2) is 0 Å². The van der Waals surface area contributed by atoms with E-state index in [1.165, 1.54) is 5.32 Å². The zero-order chi connectivity index (χ0) is 11.3. The number of rotatable bonds is 5. The zero-order valence-corrected chi connectivity index (χ0v) is 6.87. The largest absolute Gasteiger partial charge is 0.480 e. The van der Waals surface area contributed by atoms with Crippen molar-refractivity contribution in [3.63, 3.8) is 0 Å². The molecule has 0 aliphatic heterocycles. The summed E-state index contributed by atoms with van der Waals surface area (Å²) < 4.78 is 23.3. The fourth-order valence-electron chi connectivity index (χ4n) is 0.636. The van der Waals surface area contributed by atoms with Gasteiger partial charge in [-0.25, -0.2) is 4.79 Å². The predicted molar refractivity (Wildman–Crippen MR) is 39.4 cm³/mol. The number of halogens is 2. The molecule has 80 valence electrons. The highest BCUT2D eigenvalue weighted by molar-refractivity contribution is 5.89. The first-order valence-electron chi connectivity index (χ1n) is 3.44. The summed E-state index contributed by atoms with van der Waals surface area (Å²) in [6.07, 6.45) is -4.06. The molecule has 8 heteroatoms. The van der Waals surface area contributed by atoms with Gasteiger partial charge in [0, 0.05) is 0 Å². The van der Waals surface area contributed by atoms with Crippen LogP contribution in [-0.2, 0) is 14.4 Å². The predicted octanol–water partition coefficient (Wildman–Crippen LogP) is -1.30. The summed E-state index contributed by atoms with van der Waals surface area (Å²) in [5.74, 6) is -4.36. The Morgan fingerprint density at radius 2 is 1.86 bits per heavy atom. The molecule has 0 aromatic rings. The minimum atomic E-state index is -3.33. The number of hydrogen-bond donors (Lipinski definition) is 3. The van der Waals surface area contributed by atoms with Crippen LogP contribution in [0.5, 0.6) is 0 Å². The Morgan fingerprint density at radius 1 is 1.36 bits per heavy atom. The first-order chi connectivity index (χ1) is 6.34. The number of carboxylic acid groups (broad SMARTS) is 1. The molecule has 0 bridgehead atoms. The fraction of sp³-hybridized carbons (Fsp3) is 0.500. The Morgan fingerprint density at radius 3 is 2.14 bits per heavy atom. The average Bonchev–Trinajstić information content (AvgIpc) is 2.01. The number of amides is 2. The molecule has 0 saturated heterocycles. The molecule has 0 saturated carbocycles. The standard InChI is InChI=1S/C6H8F2N2O4/c7-4(8)5(12)10-2(6(13)14)1-3(9)11/h2,4H,1H2,(H2,9,11)(H,10,12)(H,13,14)/t2-/m1/s1. The summed E-state index contributed by atoms with van der Waals surface area (Å²) in [5, 5.41) is 9.84. The molecule has 0 aliphatic rings. The van der Waals surface area contributed by atoms with Gasteiger partial charge in [-0.05, 0) is 0 Å². The Hall–Kier alpha value is -1.73. The lowest BCUT2D eigenvalue weighted by Crippen LogP contribution is -2.45. The van der Waals surface area contributed by atoms with Gasteiger partial charge < -0.3 is 16.2 Å². The van der Waals surface area contributed by atoms with Crippen LogP contribution >= 0.6 is 0 Å². The molecular formula is C6H8F2N2O4. The smallest absolute Gasteiger partial charge is 0.326 e. The number of carboxylic acids is 1. The zero-order valence-electron chi connectivity index (χ0n) is 6.87. The number of nitrogens with two attached hydrogens (primary N) is 1. The number of carbonyl (C=O) groups excluding carboxylic acids is 2. The van der Waals surface area contributed by atoms with E-state index in [9.17, 15) is 23.2 Å². The number of nitrogens with one attached hydrogen (secondary N) is 1. The molecule has 1 atom stereocenters. The van der Waals surface area contributed by atoms with Gasteiger partial charge in [-0.2, -0.15) is 8.78 Å². The van der Waals surface area contributed by atoms with Gasteiger partial charge in [-0.1, -0.05) is 0 Å². The van der Waals surface area contributed by atoms with Crippen molar-refractivity contribution in [1.82, 2.24) is 5.32 Å². The molecule has 6 nitrogen and oxygen atoms in total. The second kappa shape index (κ2) is 5.10. The van der Waals surface area contributed by atoms with Crippen LogP contribution in [0.3, 0.4) is 0 Å². The Kier molecular flexibility index (Phi) is 4.47. The monoisotopic (exact) mass is 210 g/mol. The van der Waals surface area contributed by atoms with Gasteiger partial charge in [0.2, 0.25) is 5.91 Å². The maximum Gasteiger partial charge on any atom is 0.326 e. The summed E-state index contributed by atoms with van der Waals surface area (Å²) in [7, 11) is 0. The molecule has 0 unspecified atom stereocenters. The summed E-state index contributed by atoms with van der Waals surface area (Å²) in [6.45, 7) is 0. The second-order valence-electron chi connectivity index (χ2n) is 2.37. The molecule has 0 fully saturated rings. The molecule has 4 N–H and O–H groups in total. The molecule has 0 aromatic carbocycles. The molecule has 0 rings (SSSR count). The summed E-state index contributed by atoms with van der Waals surface area (Å²) >= 11 is 0. The highest BCUT2D eigenvalue weighted by Crippen LogP contribution is 1.96. The normalized spacial score (nSPS) is 12.2. The first kappa shape index (κ1) is 12.3. The van der Waals surface area contributed by atoms with Crippen molar-refractivity contribution < 1.29 is 28.3 Å². The Bertz CT molecular complexity index is 256. The van der Waals surface area contributed by atoms with E-state index in [4.69, 9.17) is 5.11 Å². The van der Waals surface area contributed by atoms with Crippen molar-refractivity contribution in [2.75, 3.05) is 0 Å². The third kappa shape index (κ3) is 4.33. The van der Waals surface area contributed by atoms with Crippen molar-refractivity contribution in [3.8, 4) is 0 Å². The van der Waals surface area contributed by atoms with E-state index < -0.39 is 36.7 Å². The lowest BCUT2D eigenvalue weighted by atomic mass is 10.2. The quantitative estimate of drug-likeness (QED) is 0.523. The highest BCUT2D eigenvalue weighted by atomic mass is 19.3. The number of hydrogen-bond acceptors (Lipinski definition) is 3. The van der Waals surface area contributed by atoms with E-state index in [2.05, 4.69) is 5.73 Å². The van der Waals surface area contributed by atoms with E-state index in [-0.39, 0.29) is 0 Å². The van der Waals surface area contributed by atoms with Gasteiger partial charge in [-0.15, -0.1) is 0 Å². The third-order valence-corrected chi connectivity index (χ3v) is 1.22. The Balaban J connectivity index is 4.31. The number of aliphatic carboxylic acids is 1. The van der Waals surface area contributed by atoms with Crippen LogP contribution in [0.1, 0.15) is 6.42 Å². The van der Waals surface area contributed by atoms with Crippen LogP contribution in [0.2, 0.25) is 0 Å². The van der Waals surface area contributed by atoms with Crippen LogP contribution in [0.25, 0.3) is 0 Å². The van der Waals surface area contributed by atoms with E-state index in [0.717, 1.165) is 0 Å². The third-order valence-electron chi connectivity index (χ3n) is 1.22. The van der Waals surface area contributed by atoms with Gasteiger partial charge >= 0.3 is 12.4 Å². The van der Waals surface area contributed by atoms with Crippen molar-refractivity contribution >= 4 is 17.8 Å². The lowest BCUT2D eigenvalue weighted by Gasteiger charge is -2.11. The number of alkyl halides is 2. The molecular weight excluding hydrogens is 202 g/mol. The van der Waals surface area contributed by atoms with Crippen molar-refractivity contribution in [1.29, 1.82) is 0 Å². The van der Waals surface area contributed by atoms with E-state index in [0.29, 0.717) is 0 Å². The van der Waals surface area contributed by atoms with Gasteiger partial charge in [0.15, 0.2) is 0 Å². The van der Waals surface area contributed by atoms with Gasteiger partial charge in [0.1, 0.15) is 6.04 Å². The topological polar surface area (TPSA) is 109 Å². The average molecular weight is 210 g/mol. The Labute approximate surface area is 77.1 Å². The van der Waals surface area contributed by atoms with Gasteiger partial charge in [0.05, 0.1) is 6.42 Å². The first-order valence-corrected chi connectivity index (χ1v) is 3.44. The minimum absolute atomic E-state index is 0.728. The summed E-state index contributed by atoms with van der Waals surface area (Å²) in [5.41, 5.74) is 4.64. The van der Waals surface area contributed by atoms with E-state index in [1.54, 1.807) is 0 Å². The molecule has 0 radical (unpaired) electrons. The van der Waals surface area contributed by atoms with Gasteiger partial charge in [0.25, 0.3) is 5.91 Å². The fourth-order valence-corrected chi connectivity index (χ4v) is 0.636. The molecule has 0 aromatic heterocycles. The number of primary amides is 1. The maximum atomic E-state index is 11.7. The van der Waals surface area contributed by atoms with Crippen molar-refractivity contribution in [3.05, 3.63) is 0 Å². The molecule has 0 spiro atoms. The van der Waals surface area contributed by atoms with Crippen LogP contribution in [0.4, 0.5) is 8.78 Å². The van der Waals surface area contributed by atoms with E-state index in [1.807, 2.05) is 0 Å². The second-order valence-corrected chi connectivity index (χ2v) is 2.37.